The van der Waals surface area contributed by atoms with E-state index in [0.717, 1.165) is 22.6 Å². The molecule has 122 valence electrons. The summed E-state index contributed by atoms with van der Waals surface area (Å²) >= 11 is 12.1. The first-order valence-electron chi connectivity index (χ1n) is 6.96. The number of benzene rings is 2. The second-order valence-corrected chi connectivity index (χ2v) is 5.99. The van der Waals surface area contributed by atoms with Gasteiger partial charge in [-0.2, -0.15) is 0 Å². The lowest BCUT2D eigenvalue weighted by Gasteiger charge is -2.15. The van der Waals surface area contributed by atoms with Crippen molar-refractivity contribution in [3.05, 3.63) is 69.6 Å². The molecule has 0 unspecified atom stereocenters. The van der Waals surface area contributed by atoms with Crippen molar-refractivity contribution in [1.29, 1.82) is 0 Å². The molecule has 24 heavy (non-hydrogen) atoms. The molecule has 0 fully saturated rings. The average molecular weight is 365 g/mol. The van der Waals surface area contributed by atoms with Crippen LogP contribution in [0.3, 0.4) is 0 Å². The van der Waals surface area contributed by atoms with Crippen molar-refractivity contribution < 1.29 is 14.0 Å². The summed E-state index contributed by atoms with van der Waals surface area (Å²) in [5.74, 6) is -1.76. The number of carbonyl (C=O) groups is 2. The van der Waals surface area contributed by atoms with Crippen molar-refractivity contribution in [3.8, 4) is 0 Å². The van der Waals surface area contributed by atoms with E-state index in [1.54, 1.807) is 18.2 Å². The van der Waals surface area contributed by atoms with Gasteiger partial charge < -0.3 is 5.32 Å². The number of nitrogens with one attached hydrogen (secondary N) is 1. The molecule has 2 aromatic carbocycles. The van der Waals surface area contributed by atoms with Gasteiger partial charge in [0.15, 0.2) is 0 Å². The molecule has 0 radical (unpaired) electrons. The molecule has 1 aliphatic rings. The molecule has 2 aromatic rings. The Morgan fingerprint density at radius 2 is 1.67 bits per heavy atom. The van der Waals surface area contributed by atoms with Crippen molar-refractivity contribution in [1.82, 2.24) is 0 Å². The maximum Gasteiger partial charge on any atom is 0.283 e. The van der Waals surface area contributed by atoms with Gasteiger partial charge in [0.05, 0.1) is 5.69 Å². The van der Waals surface area contributed by atoms with Crippen LogP contribution in [-0.4, -0.2) is 11.8 Å². The summed E-state index contributed by atoms with van der Waals surface area (Å²) in [5, 5.41) is 3.11. The van der Waals surface area contributed by atoms with E-state index < -0.39 is 17.6 Å². The van der Waals surface area contributed by atoms with E-state index in [2.05, 4.69) is 5.32 Å². The van der Waals surface area contributed by atoms with Crippen LogP contribution in [0.1, 0.15) is 5.56 Å². The Labute approximate surface area is 147 Å². The summed E-state index contributed by atoms with van der Waals surface area (Å²) in [7, 11) is 0. The molecule has 0 spiro atoms. The Kier molecular flexibility index (Phi) is 4.30. The van der Waals surface area contributed by atoms with Gasteiger partial charge in [0.2, 0.25) is 0 Å². The highest BCUT2D eigenvalue weighted by atomic mass is 35.5. The van der Waals surface area contributed by atoms with Crippen LogP contribution >= 0.6 is 23.2 Å². The fourth-order valence-electron chi connectivity index (χ4n) is 2.25. The van der Waals surface area contributed by atoms with E-state index in [0.29, 0.717) is 10.7 Å². The van der Waals surface area contributed by atoms with Gasteiger partial charge >= 0.3 is 0 Å². The molecule has 7 heteroatoms. The quantitative estimate of drug-likeness (QED) is 0.829. The van der Waals surface area contributed by atoms with Gasteiger partial charge in [0.1, 0.15) is 16.5 Å². The first-order valence-corrected chi connectivity index (χ1v) is 7.71. The van der Waals surface area contributed by atoms with Gasteiger partial charge in [0.25, 0.3) is 11.8 Å². The standard InChI is InChI=1S/C17H11Cl2FN2O2/c1-9-2-5-11(8-13(9)18)21-15-14(19)16(23)22(17(15)24)12-6-3-10(20)4-7-12/h2-8,21H,1H3. The van der Waals surface area contributed by atoms with Gasteiger partial charge in [-0.3, -0.25) is 9.59 Å². The zero-order valence-corrected chi connectivity index (χ0v) is 14.0. The fourth-order valence-corrected chi connectivity index (χ4v) is 2.64. The normalized spacial score (nSPS) is 14.6. The molecular formula is C17H11Cl2FN2O2. The molecule has 2 amide bonds. The SMILES string of the molecule is Cc1ccc(NC2=C(Cl)C(=O)N(c3ccc(F)cc3)C2=O)cc1Cl. The van der Waals surface area contributed by atoms with Crippen LogP contribution < -0.4 is 10.2 Å². The van der Waals surface area contributed by atoms with Crippen molar-refractivity contribution in [2.24, 2.45) is 0 Å². The van der Waals surface area contributed by atoms with E-state index in [-0.39, 0.29) is 16.4 Å². The van der Waals surface area contributed by atoms with Gasteiger partial charge in [-0.15, -0.1) is 0 Å². The largest absolute Gasteiger partial charge is 0.350 e. The predicted octanol–water partition coefficient (Wildman–Crippen LogP) is 4.22. The number of aryl methyl sites for hydroxylation is 1. The first kappa shape index (κ1) is 16.5. The zero-order valence-electron chi connectivity index (χ0n) is 12.4. The lowest BCUT2D eigenvalue weighted by molar-refractivity contribution is -0.120. The Morgan fingerprint density at radius 1 is 1.00 bits per heavy atom. The second-order valence-electron chi connectivity index (χ2n) is 5.20. The molecule has 3 rings (SSSR count). The van der Waals surface area contributed by atoms with E-state index >= 15 is 0 Å². The number of nitrogens with zero attached hydrogens (tertiary/aromatic N) is 1. The number of halogens is 3. The summed E-state index contributed by atoms with van der Waals surface area (Å²) in [6, 6.07) is 10.1. The van der Waals surface area contributed by atoms with Crippen LogP contribution in [0.5, 0.6) is 0 Å². The first-order chi connectivity index (χ1) is 11.4. The molecule has 1 N–H and O–H groups in total. The summed E-state index contributed by atoms with van der Waals surface area (Å²) in [6.07, 6.45) is 0. The highest BCUT2D eigenvalue weighted by Crippen LogP contribution is 2.31. The number of hydrogen-bond acceptors (Lipinski definition) is 3. The lowest BCUT2D eigenvalue weighted by atomic mass is 10.2. The van der Waals surface area contributed by atoms with Crippen LogP contribution in [0.25, 0.3) is 0 Å². The summed E-state index contributed by atoms with van der Waals surface area (Å²) in [6.45, 7) is 1.85. The molecule has 1 heterocycles. The monoisotopic (exact) mass is 364 g/mol. The maximum atomic E-state index is 13.0. The Balaban J connectivity index is 1.91. The molecular weight excluding hydrogens is 354 g/mol. The average Bonchev–Trinajstić information content (AvgIpc) is 2.76. The van der Waals surface area contributed by atoms with Crippen molar-refractivity contribution in [2.45, 2.75) is 6.92 Å². The smallest absolute Gasteiger partial charge is 0.283 e. The molecule has 0 bridgehead atoms. The molecule has 0 aliphatic carbocycles. The minimum absolute atomic E-state index is 0.0501. The van der Waals surface area contributed by atoms with Crippen molar-refractivity contribution in [3.63, 3.8) is 0 Å². The minimum Gasteiger partial charge on any atom is -0.350 e. The molecule has 1 aliphatic heterocycles. The maximum absolute atomic E-state index is 13.0. The van der Waals surface area contributed by atoms with Crippen LogP contribution in [-0.2, 0) is 9.59 Å². The van der Waals surface area contributed by atoms with Gasteiger partial charge in [0, 0.05) is 10.7 Å². The minimum atomic E-state index is -0.672. The lowest BCUT2D eigenvalue weighted by Crippen LogP contribution is -2.32. The third-order valence-corrected chi connectivity index (χ3v) is 4.31. The molecule has 0 aromatic heterocycles. The fraction of sp³-hybridized carbons (Fsp3) is 0.0588. The predicted molar refractivity (Wildman–Crippen MR) is 91.6 cm³/mol. The number of amides is 2. The van der Waals surface area contributed by atoms with Gasteiger partial charge in [-0.05, 0) is 48.9 Å². The van der Waals surface area contributed by atoms with Crippen molar-refractivity contribution >= 4 is 46.4 Å². The van der Waals surface area contributed by atoms with Gasteiger partial charge in [-0.25, -0.2) is 9.29 Å². The summed E-state index contributed by atoms with van der Waals surface area (Å²) < 4.78 is 13.0. The number of rotatable bonds is 3. The highest BCUT2D eigenvalue weighted by molar-refractivity contribution is 6.53. The van der Waals surface area contributed by atoms with Crippen LogP contribution in [0.2, 0.25) is 5.02 Å². The molecule has 0 saturated carbocycles. The third-order valence-electron chi connectivity index (χ3n) is 3.55. The Hall–Kier alpha value is -2.37. The second kappa shape index (κ2) is 6.26. The number of carbonyl (C=O) groups excluding carboxylic acids is 2. The zero-order chi connectivity index (χ0) is 17.4. The van der Waals surface area contributed by atoms with E-state index in [1.807, 2.05) is 6.92 Å². The van der Waals surface area contributed by atoms with Crippen LogP contribution in [0.4, 0.5) is 15.8 Å². The van der Waals surface area contributed by atoms with Crippen LogP contribution in [0.15, 0.2) is 53.2 Å². The number of imide groups is 1. The van der Waals surface area contributed by atoms with Crippen LogP contribution in [0, 0.1) is 12.7 Å². The van der Waals surface area contributed by atoms with E-state index in [9.17, 15) is 14.0 Å². The Bertz CT molecular complexity index is 879. The number of anilines is 2. The van der Waals surface area contributed by atoms with Crippen molar-refractivity contribution in [2.75, 3.05) is 10.2 Å². The summed E-state index contributed by atoms with van der Waals surface area (Å²) in [5.41, 5.74) is 1.60. The topological polar surface area (TPSA) is 49.4 Å². The molecule has 4 nitrogen and oxygen atoms in total. The highest BCUT2D eigenvalue weighted by Gasteiger charge is 2.38. The van der Waals surface area contributed by atoms with Gasteiger partial charge in [-0.1, -0.05) is 29.3 Å². The molecule has 0 atom stereocenters. The Morgan fingerprint density at radius 3 is 2.29 bits per heavy atom. The molecule has 0 saturated heterocycles. The van der Waals surface area contributed by atoms with E-state index in [4.69, 9.17) is 23.2 Å². The third kappa shape index (κ3) is 2.88. The summed E-state index contributed by atoms with van der Waals surface area (Å²) in [4.78, 5) is 25.7. The van der Waals surface area contributed by atoms with E-state index in [1.165, 1.54) is 12.1 Å². The number of hydrogen-bond donors (Lipinski definition) is 1.